The van der Waals surface area contributed by atoms with Gasteiger partial charge in [-0.05, 0) is 12.1 Å². The molecule has 0 spiro atoms. The number of hydrogen-bond acceptors (Lipinski definition) is 5. The van der Waals surface area contributed by atoms with Crippen LogP contribution in [-0.2, 0) is 0 Å². The molecule has 6 nitrogen and oxygen atoms in total. The molecule has 0 aliphatic heterocycles. The second-order valence-corrected chi connectivity index (χ2v) is 4.56. The van der Waals surface area contributed by atoms with Crippen molar-refractivity contribution in [3.63, 3.8) is 0 Å². The number of hydrazone groups is 1. The van der Waals surface area contributed by atoms with Crippen molar-refractivity contribution in [1.82, 2.24) is 4.98 Å². The summed E-state index contributed by atoms with van der Waals surface area (Å²) in [6, 6.07) is 3.36. The van der Waals surface area contributed by atoms with Gasteiger partial charge in [0.15, 0.2) is 10.8 Å². The fourth-order valence-corrected chi connectivity index (χ4v) is 1.95. The molecule has 0 saturated heterocycles. The minimum absolute atomic E-state index is 0.0294. The first-order valence-corrected chi connectivity index (χ1v) is 6.24. The smallest absolute Gasteiger partial charge is 0.356 e. The number of anilines is 1. The van der Waals surface area contributed by atoms with Gasteiger partial charge in [-0.15, -0.1) is 0 Å². The van der Waals surface area contributed by atoms with Crippen LogP contribution in [0.15, 0.2) is 27.9 Å². The Hall–Kier alpha value is -1.76. The Morgan fingerprint density at radius 3 is 2.75 bits per heavy atom. The molecule has 9 heteroatoms. The summed E-state index contributed by atoms with van der Waals surface area (Å²) in [4.78, 5) is 14.6. The molecule has 0 bridgehead atoms. The largest absolute Gasteiger partial charge is 0.476 e. The number of aromatic nitrogens is 1. The molecule has 0 saturated carbocycles. The average Bonchev–Trinajstić information content (AvgIpc) is 2.90. The predicted octanol–water partition coefficient (Wildman–Crippen LogP) is 3.78. The van der Waals surface area contributed by atoms with Crippen LogP contribution in [0.25, 0.3) is 0 Å². The van der Waals surface area contributed by atoms with Gasteiger partial charge in [-0.25, -0.2) is 9.78 Å². The lowest BCUT2D eigenvalue weighted by Gasteiger charge is -2.09. The highest BCUT2D eigenvalue weighted by molar-refractivity contribution is 6.46. The summed E-state index contributed by atoms with van der Waals surface area (Å²) in [6.07, 6.45) is 2.84. The molecule has 0 fully saturated rings. The van der Waals surface area contributed by atoms with Gasteiger partial charge in [-0.2, -0.15) is 5.10 Å². The number of pyridine rings is 1. The maximum Gasteiger partial charge on any atom is 0.356 e. The van der Waals surface area contributed by atoms with Gasteiger partial charge in [0.1, 0.15) is 15.8 Å². The van der Waals surface area contributed by atoms with Crippen LogP contribution >= 0.6 is 34.8 Å². The van der Waals surface area contributed by atoms with E-state index in [9.17, 15) is 4.79 Å². The minimum atomic E-state index is -1.33. The van der Waals surface area contributed by atoms with Crippen LogP contribution in [0.1, 0.15) is 16.2 Å². The number of hydrogen-bond donors (Lipinski definition) is 2. The molecule has 0 radical (unpaired) electrons. The van der Waals surface area contributed by atoms with Gasteiger partial charge in [0.05, 0.1) is 18.2 Å². The molecule has 0 unspecified atom stereocenters. The quantitative estimate of drug-likeness (QED) is 0.505. The monoisotopic (exact) mass is 333 g/mol. The zero-order valence-corrected chi connectivity index (χ0v) is 11.9. The number of carboxylic acid groups (broad SMARTS) is 1. The molecule has 0 aromatic carbocycles. The normalized spacial score (nSPS) is 10.9. The maximum atomic E-state index is 11.0. The van der Waals surface area contributed by atoms with Gasteiger partial charge in [-0.3, -0.25) is 5.43 Å². The van der Waals surface area contributed by atoms with Gasteiger partial charge in [0.2, 0.25) is 0 Å². The molecule has 20 heavy (non-hydrogen) atoms. The highest BCUT2D eigenvalue weighted by Gasteiger charge is 2.20. The second-order valence-electron chi connectivity index (χ2n) is 3.44. The Balaban J connectivity index is 2.33. The highest BCUT2D eigenvalue weighted by atomic mass is 35.5. The van der Waals surface area contributed by atoms with E-state index in [4.69, 9.17) is 44.3 Å². The number of nitrogens with zero attached hydrogens (tertiary/aromatic N) is 2. The lowest BCUT2D eigenvalue weighted by atomic mass is 10.3. The third-order valence-corrected chi connectivity index (χ3v) is 3.26. The van der Waals surface area contributed by atoms with E-state index in [-0.39, 0.29) is 20.9 Å². The first kappa shape index (κ1) is 14.6. The van der Waals surface area contributed by atoms with Crippen molar-refractivity contribution in [2.45, 2.75) is 0 Å². The van der Waals surface area contributed by atoms with Crippen molar-refractivity contribution in [2.75, 3.05) is 5.43 Å². The van der Waals surface area contributed by atoms with E-state index >= 15 is 0 Å². The Kier molecular flexibility index (Phi) is 4.49. The van der Waals surface area contributed by atoms with Gasteiger partial charge < -0.3 is 9.52 Å². The van der Waals surface area contributed by atoms with E-state index in [0.717, 1.165) is 0 Å². The van der Waals surface area contributed by atoms with Crippen LogP contribution < -0.4 is 5.43 Å². The molecule has 2 N–H and O–H groups in total. The topological polar surface area (TPSA) is 87.7 Å². The maximum absolute atomic E-state index is 11.0. The summed E-state index contributed by atoms with van der Waals surface area (Å²) >= 11 is 17.5. The van der Waals surface area contributed by atoms with Crippen LogP contribution in [0.2, 0.25) is 15.2 Å². The van der Waals surface area contributed by atoms with E-state index in [1.807, 2.05) is 0 Å². The van der Waals surface area contributed by atoms with Crippen molar-refractivity contribution in [2.24, 2.45) is 5.10 Å². The first-order valence-electron chi connectivity index (χ1n) is 5.11. The summed E-state index contributed by atoms with van der Waals surface area (Å²) in [5.41, 5.74) is 2.14. The number of rotatable bonds is 4. The molecular formula is C11H6Cl3N3O3. The van der Waals surface area contributed by atoms with E-state index in [1.165, 1.54) is 12.5 Å². The lowest BCUT2D eigenvalue weighted by molar-refractivity contribution is 0.0691. The molecule has 2 heterocycles. The number of nitrogens with one attached hydrogen (secondary N) is 1. The fourth-order valence-electron chi connectivity index (χ4n) is 1.28. The Morgan fingerprint density at radius 1 is 1.40 bits per heavy atom. The Labute approximate surface area is 128 Å². The molecule has 2 aromatic heterocycles. The summed E-state index contributed by atoms with van der Waals surface area (Å²) in [5.74, 6) is -0.838. The summed E-state index contributed by atoms with van der Waals surface area (Å²) in [7, 11) is 0. The molecule has 2 aromatic rings. The van der Waals surface area contributed by atoms with E-state index in [2.05, 4.69) is 15.5 Å². The van der Waals surface area contributed by atoms with Crippen LogP contribution in [0.3, 0.4) is 0 Å². The zero-order valence-electron chi connectivity index (χ0n) is 9.60. The Morgan fingerprint density at radius 2 is 2.15 bits per heavy atom. The zero-order chi connectivity index (χ0) is 14.7. The van der Waals surface area contributed by atoms with Crippen molar-refractivity contribution >= 4 is 52.7 Å². The number of halogens is 3. The highest BCUT2D eigenvalue weighted by Crippen LogP contribution is 2.36. The average molecular weight is 335 g/mol. The molecule has 0 aliphatic carbocycles. The van der Waals surface area contributed by atoms with E-state index < -0.39 is 11.7 Å². The third-order valence-electron chi connectivity index (χ3n) is 2.15. The summed E-state index contributed by atoms with van der Waals surface area (Å²) in [5, 5.41) is 12.4. The van der Waals surface area contributed by atoms with Crippen molar-refractivity contribution in [3.05, 3.63) is 45.0 Å². The van der Waals surface area contributed by atoms with Gasteiger partial charge in [-0.1, -0.05) is 34.8 Å². The second kappa shape index (κ2) is 6.13. The van der Waals surface area contributed by atoms with Crippen LogP contribution in [-0.4, -0.2) is 22.3 Å². The molecule has 104 valence electrons. The number of aromatic carboxylic acids is 1. The number of furan rings is 1. The number of carboxylic acids is 1. The predicted molar refractivity (Wildman–Crippen MR) is 76.2 cm³/mol. The van der Waals surface area contributed by atoms with Crippen molar-refractivity contribution in [1.29, 1.82) is 0 Å². The van der Waals surface area contributed by atoms with E-state index in [0.29, 0.717) is 5.76 Å². The van der Waals surface area contributed by atoms with Gasteiger partial charge in [0.25, 0.3) is 0 Å². The van der Waals surface area contributed by atoms with Crippen LogP contribution in [0.5, 0.6) is 0 Å². The Bertz CT molecular complexity index is 671. The molecule has 0 amide bonds. The third kappa shape index (κ3) is 3.04. The van der Waals surface area contributed by atoms with Gasteiger partial charge >= 0.3 is 5.97 Å². The molecule has 0 atom stereocenters. The summed E-state index contributed by atoms with van der Waals surface area (Å²) in [6.45, 7) is 0. The standard InChI is InChI=1S/C11H6Cl3N3O3/c12-6-8(17-15-4-5-2-1-3-20-5)7(13)10(14)16-9(6)11(18)19/h1-4H,(H,16,17)(H,18,19)/b15-4-. The molecule has 0 aliphatic rings. The first-order chi connectivity index (χ1) is 9.50. The summed E-state index contributed by atoms with van der Waals surface area (Å²) < 4.78 is 5.03. The fraction of sp³-hybridized carbons (Fsp3) is 0. The van der Waals surface area contributed by atoms with Gasteiger partial charge in [0, 0.05) is 0 Å². The van der Waals surface area contributed by atoms with Crippen LogP contribution in [0, 0.1) is 0 Å². The number of carbonyl (C=O) groups is 1. The minimum Gasteiger partial charge on any atom is -0.476 e. The molecule has 2 rings (SSSR count). The van der Waals surface area contributed by atoms with Crippen LogP contribution in [0.4, 0.5) is 5.69 Å². The van der Waals surface area contributed by atoms with E-state index in [1.54, 1.807) is 12.1 Å². The molecular weight excluding hydrogens is 328 g/mol. The lowest BCUT2D eigenvalue weighted by Crippen LogP contribution is -2.05. The van der Waals surface area contributed by atoms with Crippen molar-refractivity contribution in [3.8, 4) is 0 Å². The van der Waals surface area contributed by atoms with Crippen molar-refractivity contribution < 1.29 is 14.3 Å². The SMILES string of the molecule is O=C(O)c1nc(Cl)c(Cl)c(N/N=C\c2ccco2)c1Cl.